The monoisotopic (exact) mass is 323 g/mol. The van der Waals surface area contributed by atoms with E-state index in [0.717, 1.165) is 11.5 Å². The Kier molecular flexibility index (Phi) is 7.40. The van der Waals surface area contributed by atoms with Gasteiger partial charge in [-0.05, 0) is 11.1 Å². The minimum Gasteiger partial charge on any atom is -0.386 e. The summed E-state index contributed by atoms with van der Waals surface area (Å²) in [6, 6.07) is 20.9. The average Bonchev–Trinajstić information content (AvgIpc) is 2.40. The molecule has 0 saturated heterocycles. The molecule has 0 atom stereocenters. The molecule has 0 bridgehead atoms. The van der Waals surface area contributed by atoms with Crippen LogP contribution in [-0.4, -0.2) is 4.32 Å². The standard InChI is InChI=1S/C15H17NS2.Ti/c16-15(17)18(11-13-7-3-1-4-8-13)12-14-9-5-2-6-10-14;/h1-10,18H,11-12H2,(H2,16,17);. The Labute approximate surface area is 137 Å². The predicted molar refractivity (Wildman–Crippen MR) is 86.1 cm³/mol. The molecule has 0 unspecified atom stereocenters. The van der Waals surface area contributed by atoms with E-state index in [-0.39, 0.29) is 21.7 Å². The third-order valence-corrected chi connectivity index (χ3v) is 5.64. The van der Waals surface area contributed by atoms with Crippen LogP contribution in [0.5, 0.6) is 0 Å². The zero-order chi connectivity index (χ0) is 12.8. The van der Waals surface area contributed by atoms with Crippen LogP contribution in [0.3, 0.4) is 0 Å². The summed E-state index contributed by atoms with van der Waals surface area (Å²) in [5.74, 6) is 1.95. The van der Waals surface area contributed by atoms with Gasteiger partial charge in [-0.25, -0.2) is 0 Å². The minimum absolute atomic E-state index is 0. The van der Waals surface area contributed by atoms with Gasteiger partial charge in [0.2, 0.25) is 0 Å². The van der Waals surface area contributed by atoms with Gasteiger partial charge in [-0.3, -0.25) is 0 Å². The van der Waals surface area contributed by atoms with E-state index < -0.39 is 10.9 Å². The van der Waals surface area contributed by atoms with E-state index in [0.29, 0.717) is 4.32 Å². The van der Waals surface area contributed by atoms with Crippen LogP contribution in [0, 0.1) is 0 Å². The van der Waals surface area contributed by atoms with E-state index in [9.17, 15) is 0 Å². The molecule has 19 heavy (non-hydrogen) atoms. The molecule has 0 saturated carbocycles. The predicted octanol–water partition coefficient (Wildman–Crippen LogP) is 3.63. The van der Waals surface area contributed by atoms with E-state index in [2.05, 4.69) is 48.5 Å². The number of benzene rings is 2. The molecule has 0 aliphatic rings. The van der Waals surface area contributed by atoms with Crippen LogP contribution in [0.4, 0.5) is 0 Å². The summed E-state index contributed by atoms with van der Waals surface area (Å²) < 4.78 is 0.665. The van der Waals surface area contributed by atoms with Gasteiger partial charge < -0.3 is 5.73 Å². The summed E-state index contributed by atoms with van der Waals surface area (Å²) in [6.45, 7) is 0. The third kappa shape index (κ3) is 5.49. The quantitative estimate of drug-likeness (QED) is 0.510. The van der Waals surface area contributed by atoms with Crippen LogP contribution in [-0.2, 0) is 33.2 Å². The topological polar surface area (TPSA) is 26.0 Å². The van der Waals surface area contributed by atoms with Crippen molar-refractivity contribution in [3.05, 3.63) is 71.8 Å². The van der Waals surface area contributed by atoms with Crippen LogP contribution < -0.4 is 5.73 Å². The van der Waals surface area contributed by atoms with Gasteiger partial charge in [0.1, 0.15) is 4.32 Å². The summed E-state index contributed by atoms with van der Waals surface area (Å²) in [4.78, 5) is 0. The number of thiol groups is 1. The Morgan fingerprint density at radius 2 is 1.21 bits per heavy atom. The van der Waals surface area contributed by atoms with Crippen molar-refractivity contribution in [3.63, 3.8) is 0 Å². The molecule has 0 fully saturated rings. The molecule has 2 N–H and O–H groups in total. The molecule has 0 heterocycles. The van der Waals surface area contributed by atoms with Crippen molar-refractivity contribution < 1.29 is 21.7 Å². The molecule has 2 aromatic rings. The summed E-state index contributed by atoms with van der Waals surface area (Å²) in [6.07, 6.45) is 0. The van der Waals surface area contributed by atoms with Crippen LogP contribution in [0.1, 0.15) is 11.1 Å². The Morgan fingerprint density at radius 3 is 1.53 bits per heavy atom. The van der Waals surface area contributed by atoms with Gasteiger partial charge >= 0.3 is 0 Å². The molecule has 0 aliphatic heterocycles. The van der Waals surface area contributed by atoms with Gasteiger partial charge in [-0.1, -0.05) is 72.9 Å². The molecule has 4 heteroatoms. The first-order valence-corrected chi connectivity index (χ1v) is 8.00. The van der Waals surface area contributed by atoms with E-state index in [1.807, 2.05) is 12.1 Å². The zero-order valence-electron chi connectivity index (χ0n) is 10.6. The average molecular weight is 323 g/mol. The molecule has 2 rings (SSSR count). The second kappa shape index (κ2) is 8.54. The molecule has 0 amide bonds. The van der Waals surface area contributed by atoms with Gasteiger partial charge in [0, 0.05) is 33.2 Å². The molecular formula is C15H17NS2Ti. The van der Waals surface area contributed by atoms with Crippen molar-refractivity contribution in [3.8, 4) is 0 Å². The number of hydrogen-bond acceptors (Lipinski definition) is 1. The van der Waals surface area contributed by atoms with Gasteiger partial charge in [0.15, 0.2) is 0 Å². The first kappa shape index (κ1) is 16.4. The molecule has 0 aromatic heterocycles. The number of hydrogen-bond donors (Lipinski definition) is 2. The summed E-state index contributed by atoms with van der Waals surface area (Å²) in [5.41, 5.74) is 8.52. The largest absolute Gasteiger partial charge is 0.386 e. The van der Waals surface area contributed by atoms with Crippen LogP contribution in [0.25, 0.3) is 0 Å². The van der Waals surface area contributed by atoms with E-state index >= 15 is 0 Å². The maximum absolute atomic E-state index is 5.89. The van der Waals surface area contributed by atoms with E-state index in [1.54, 1.807) is 0 Å². The van der Waals surface area contributed by atoms with Gasteiger partial charge in [-0.15, -0.1) is 0 Å². The molecule has 0 aliphatic carbocycles. The smallest absolute Gasteiger partial charge is 0.111 e. The zero-order valence-corrected chi connectivity index (χ0v) is 13.9. The second-order valence-electron chi connectivity index (χ2n) is 4.17. The SMILES string of the molecule is NC(=S)[SH](Cc1ccccc1)Cc1ccccc1.[Ti]. The van der Waals surface area contributed by atoms with Gasteiger partial charge in [0.25, 0.3) is 0 Å². The van der Waals surface area contributed by atoms with Crippen LogP contribution in [0.15, 0.2) is 60.7 Å². The molecule has 2 aromatic carbocycles. The van der Waals surface area contributed by atoms with Crippen molar-refractivity contribution in [2.45, 2.75) is 11.5 Å². The van der Waals surface area contributed by atoms with Crippen molar-refractivity contribution in [2.75, 3.05) is 0 Å². The summed E-state index contributed by atoms with van der Waals surface area (Å²) in [7, 11) is -0.463. The summed E-state index contributed by atoms with van der Waals surface area (Å²) in [5, 5.41) is 0. The first-order chi connectivity index (χ1) is 8.75. The number of nitrogens with two attached hydrogens (primary N) is 1. The third-order valence-electron chi connectivity index (χ3n) is 2.74. The first-order valence-electron chi connectivity index (χ1n) is 5.88. The van der Waals surface area contributed by atoms with Gasteiger partial charge in [-0.2, -0.15) is 10.9 Å². The Bertz CT molecular complexity index is 461. The fraction of sp³-hybridized carbons (Fsp3) is 0.133. The van der Waals surface area contributed by atoms with Gasteiger partial charge in [0.05, 0.1) is 0 Å². The maximum atomic E-state index is 5.89. The van der Waals surface area contributed by atoms with Crippen LogP contribution >= 0.6 is 23.1 Å². The summed E-state index contributed by atoms with van der Waals surface area (Å²) >= 11 is 5.22. The normalized spacial score (nSPS) is 10.4. The van der Waals surface area contributed by atoms with Crippen LogP contribution in [0.2, 0.25) is 0 Å². The Balaban J connectivity index is 0.00000180. The molecule has 1 nitrogen and oxygen atoms in total. The Hall–Kier alpha value is -0.606. The fourth-order valence-corrected chi connectivity index (χ4v) is 3.93. The molecule has 0 spiro atoms. The molecule has 98 valence electrons. The Morgan fingerprint density at radius 1 is 0.842 bits per heavy atom. The number of thiocarbonyl (C=S) groups is 1. The van der Waals surface area contributed by atoms with Crippen molar-refractivity contribution in [1.29, 1.82) is 0 Å². The minimum atomic E-state index is -0.463. The molecule has 0 radical (unpaired) electrons. The fourth-order valence-electron chi connectivity index (χ4n) is 1.82. The van der Waals surface area contributed by atoms with E-state index in [1.165, 1.54) is 11.1 Å². The van der Waals surface area contributed by atoms with Crippen molar-refractivity contribution >= 4 is 27.4 Å². The molecular weight excluding hydrogens is 306 g/mol. The van der Waals surface area contributed by atoms with Crippen molar-refractivity contribution in [1.82, 2.24) is 0 Å². The maximum Gasteiger partial charge on any atom is 0.111 e. The second-order valence-corrected chi connectivity index (χ2v) is 7.10. The van der Waals surface area contributed by atoms with Crippen molar-refractivity contribution in [2.24, 2.45) is 5.73 Å². The number of rotatable bonds is 4. The van der Waals surface area contributed by atoms with E-state index in [4.69, 9.17) is 18.0 Å².